The van der Waals surface area contributed by atoms with Crippen LogP contribution in [0.4, 0.5) is 0 Å². The molecule has 1 aromatic carbocycles. The fourth-order valence-electron chi connectivity index (χ4n) is 1.39. The fourth-order valence-corrected chi connectivity index (χ4v) is 1.39. The van der Waals surface area contributed by atoms with Crippen LogP contribution < -0.4 is 0 Å². The van der Waals surface area contributed by atoms with Crippen molar-refractivity contribution < 1.29 is 0 Å². The molecule has 2 rings (SSSR count). The van der Waals surface area contributed by atoms with Crippen LogP contribution in [-0.2, 0) is 0 Å². The summed E-state index contributed by atoms with van der Waals surface area (Å²) < 4.78 is 0. The van der Waals surface area contributed by atoms with E-state index in [2.05, 4.69) is 42.0 Å². The summed E-state index contributed by atoms with van der Waals surface area (Å²) in [4.78, 5) is 7.64. The lowest BCUT2D eigenvalue weighted by Crippen LogP contribution is -1.89. The maximum absolute atomic E-state index is 4.33. The van der Waals surface area contributed by atoms with E-state index in [0.717, 1.165) is 11.2 Å². The summed E-state index contributed by atoms with van der Waals surface area (Å²) in [7, 11) is 0. The number of hydrogen-bond acceptors (Lipinski definition) is 1. The number of benzene rings is 1. The van der Waals surface area contributed by atoms with Gasteiger partial charge in [0.05, 0.1) is 5.69 Å². The Hall–Kier alpha value is -1.57. The largest absolute Gasteiger partial charge is 0.354 e. The van der Waals surface area contributed by atoms with Gasteiger partial charge in [-0.15, -0.1) is 0 Å². The lowest BCUT2D eigenvalue weighted by molar-refractivity contribution is 0.840. The van der Waals surface area contributed by atoms with Gasteiger partial charge < -0.3 is 4.98 Å². The van der Waals surface area contributed by atoms with E-state index in [0.29, 0.717) is 6.04 Å². The molecule has 14 heavy (non-hydrogen) atoms. The SMILES string of the molecule is CC(C)N=Cc1cc2ccccc2[nH]1. The van der Waals surface area contributed by atoms with E-state index >= 15 is 0 Å². The summed E-state index contributed by atoms with van der Waals surface area (Å²) in [5.74, 6) is 0. The van der Waals surface area contributed by atoms with Crippen molar-refractivity contribution in [2.24, 2.45) is 4.99 Å². The third kappa shape index (κ3) is 1.84. The summed E-state index contributed by atoms with van der Waals surface area (Å²) in [6.07, 6.45) is 1.89. The lowest BCUT2D eigenvalue weighted by atomic mass is 10.2. The van der Waals surface area contributed by atoms with Crippen LogP contribution in [0, 0.1) is 0 Å². The number of fused-ring (bicyclic) bond motifs is 1. The summed E-state index contributed by atoms with van der Waals surface area (Å²) in [5, 5.41) is 1.23. The minimum absolute atomic E-state index is 0.349. The smallest absolute Gasteiger partial charge is 0.0572 e. The molecule has 0 saturated carbocycles. The highest BCUT2D eigenvalue weighted by atomic mass is 14.8. The van der Waals surface area contributed by atoms with Crippen LogP contribution in [0.5, 0.6) is 0 Å². The Kier molecular flexibility index (Phi) is 2.35. The minimum Gasteiger partial charge on any atom is -0.354 e. The maximum atomic E-state index is 4.33. The number of nitrogens with one attached hydrogen (secondary N) is 1. The molecule has 72 valence electrons. The topological polar surface area (TPSA) is 28.1 Å². The Labute approximate surface area is 83.7 Å². The molecule has 1 N–H and O–H groups in total. The monoisotopic (exact) mass is 186 g/mol. The molecule has 0 amide bonds. The first kappa shape index (κ1) is 9.00. The fraction of sp³-hybridized carbons (Fsp3) is 0.250. The molecule has 0 spiro atoms. The van der Waals surface area contributed by atoms with Gasteiger partial charge in [0.25, 0.3) is 0 Å². The van der Waals surface area contributed by atoms with Crippen molar-refractivity contribution in [2.75, 3.05) is 0 Å². The molecule has 0 saturated heterocycles. The molecule has 0 radical (unpaired) electrons. The number of para-hydroxylation sites is 1. The van der Waals surface area contributed by atoms with Gasteiger partial charge in [-0.25, -0.2) is 0 Å². The third-order valence-corrected chi connectivity index (χ3v) is 2.06. The van der Waals surface area contributed by atoms with Crippen molar-refractivity contribution in [3.63, 3.8) is 0 Å². The molecule has 0 fully saturated rings. The zero-order valence-electron chi connectivity index (χ0n) is 8.49. The minimum atomic E-state index is 0.349. The van der Waals surface area contributed by atoms with Gasteiger partial charge in [0.2, 0.25) is 0 Å². The number of nitrogens with zero attached hydrogens (tertiary/aromatic N) is 1. The number of aromatic nitrogens is 1. The molecule has 0 bridgehead atoms. The highest BCUT2D eigenvalue weighted by Gasteiger charge is 1.96. The second kappa shape index (κ2) is 3.66. The molecule has 2 heteroatoms. The molecule has 0 aliphatic rings. The number of aliphatic imine (C=N–C) groups is 1. The van der Waals surface area contributed by atoms with Gasteiger partial charge in [-0.05, 0) is 26.0 Å². The number of hydrogen-bond donors (Lipinski definition) is 1. The van der Waals surface area contributed by atoms with Crippen LogP contribution >= 0.6 is 0 Å². The molecular formula is C12H14N2. The van der Waals surface area contributed by atoms with Crippen LogP contribution in [0.3, 0.4) is 0 Å². The van der Waals surface area contributed by atoms with Crippen LogP contribution in [-0.4, -0.2) is 17.2 Å². The molecule has 0 unspecified atom stereocenters. The Bertz CT molecular complexity index is 419. The van der Waals surface area contributed by atoms with Gasteiger partial charge in [-0.3, -0.25) is 4.99 Å². The second-order valence-electron chi connectivity index (χ2n) is 3.68. The second-order valence-corrected chi connectivity index (χ2v) is 3.68. The molecule has 1 aromatic heterocycles. The van der Waals surface area contributed by atoms with E-state index in [1.54, 1.807) is 0 Å². The van der Waals surface area contributed by atoms with E-state index < -0.39 is 0 Å². The number of H-pyrrole nitrogens is 1. The molecule has 0 aliphatic heterocycles. The van der Waals surface area contributed by atoms with Gasteiger partial charge in [-0.2, -0.15) is 0 Å². The van der Waals surface area contributed by atoms with Crippen molar-refractivity contribution >= 4 is 17.1 Å². The maximum Gasteiger partial charge on any atom is 0.0572 e. The summed E-state index contributed by atoms with van der Waals surface area (Å²) in [6, 6.07) is 10.7. The Morgan fingerprint density at radius 1 is 1.29 bits per heavy atom. The van der Waals surface area contributed by atoms with Crippen molar-refractivity contribution in [3.8, 4) is 0 Å². The summed E-state index contributed by atoms with van der Waals surface area (Å²) >= 11 is 0. The standard InChI is InChI=1S/C12H14N2/c1-9(2)13-8-11-7-10-5-3-4-6-12(10)14-11/h3-9,14H,1-2H3. The zero-order chi connectivity index (χ0) is 9.97. The zero-order valence-corrected chi connectivity index (χ0v) is 8.49. The van der Waals surface area contributed by atoms with Crippen molar-refractivity contribution in [1.29, 1.82) is 0 Å². The number of rotatable bonds is 2. The average Bonchev–Trinajstić information content (AvgIpc) is 2.57. The highest BCUT2D eigenvalue weighted by molar-refractivity contribution is 5.89. The van der Waals surface area contributed by atoms with Crippen molar-refractivity contribution in [1.82, 2.24) is 4.98 Å². The van der Waals surface area contributed by atoms with Crippen molar-refractivity contribution in [3.05, 3.63) is 36.0 Å². The normalized spacial score (nSPS) is 11.9. The summed E-state index contributed by atoms with van der Waals surface area (Å²) in [5.41, 5.74) is 2.23. The first-order valence-corrected chi connectivity index (χ1v) is 4.86. The third-order valence-electron chi connectivity index (χ3n) is 2.06. The molecule has 0 aliphatic carbocycles. The molecule has 2 aromatic rings. The van der Waals surface area contributed by atoms with Gasteiger partial charge in [0.15, 0.2) is 0 Å². The van der Waals surface area contributed by atoms with Gasteiger partial charge >= 0.3 is 0 Å². The van der Waals surface area contributed by atoms with Gasteiger partial charge in [0.1, 0.15) is 0 Å². The van der Waals surface area contributed by atoms with Crippen molar-refractivity contribution in [2.45, 2.75) is 19.9 Å². The first-order valence-electron chi connectivity index (χ1n) is 4.86. The summed E-state index contributed by atoms with van der Waals surface area (Å²) in [6.45, 7) is 4.14. The molecule has 1 heterocycles. The van der Waals surface area contributed by atoms with Gasteiger partial charge in [0, 0.05) is 23.2 Å². The van der Waals surface area contributed by atoms with E-state index in [-0.39, 0.29) is 0 Å². The predicted octanol–water partition coefficient (Wildman–Crippen LogP) is 3.00. The lowest BCUT2D eigenvalue weighted by Gasteiger charge is -1.92. The number of aromatic amines is 1. The molecule has 2 nitrogen and oxygen atoms in total. The Balaban J connectivity index is 2.36. The van der Waals surface area contributed by atoms with E-state index in [1.165, 1.54) is 5.39 Å². The predicted molar refractivity (Wildman–Crippen MR) is 61.0 cm³/mol. The van der Waals surface area contributed by atoms with Crippen LogP contribution in [0.25, 0.3) is 10.9 Å². The van der Waals surface area contributed by atoms with Gasteiger partial charge in [-0.1, -0.05) is 18.2 Å². The molecule has 0 atom stereocenters. The quantitative estimate of drug-likeness (QED) is 0.698. The van der Waals surface area contributed by atoms with Crippen LogP contribution in [0.15, 0.2) is 35.3 Å². The Morgan fingerprint density at radius 2 is 2.07 bits per heavy atom. The molecular weight excluding hydrogens is 172 g/mol. The highest BCUT2D eigenvalue weighted by Crippen LogP contribution is 2.13. The average molecular weight is 186 g/mol. The first-order chi connectivity index (χ1) is 6.75. The van der Waals surface area contributed by atoms with E-state index in [9.17, 15) is 0 Å². The Morgan fingerprint density at radius 3 is 2.79 bits per heavy atom. The van der Waals surface area contributed by atoms with Crippen LogP contribution in [0.1, 0.15) is 19.5 Å². The van der Waals surface area contributed by atoms with E-state index in [4.69, 9.17) is 0 Å². The van der Waals surface area contributed by atoms with Crippen LogP contribution in [0.2, 0.25) is 0 Å². The van der Waals surface area contributed by atoms with E-state index in [1.807, 2.05) is 18.3 Å².